The summed E-state index contributed by atoms with van der Waals surface area (Å²) in [5.74, 6) is 5.95. The van der Waals surface area contributed by atoms with Crippen LogP contribution in [0.2, 0.25) is 0 Å². The number of nitrogens with zero attached hydrogens (tertiary/aromatic N) is 1. The second kappa shape index (κ2) is 5.09. The summed E-state index contributed by atoms with van der Waals surface area (Å²) in [4.78, 5) is 4.33. The number of hydrazine groups is 1. The van der Waals surface area contributed by atoms with Gasteiger partial charge < -0.3 is 10.2 Å². The molecule has 4 nitrogen and oxygen atoms in total. The maximum absolute atomic E-state index is 12.1. The van der Waals surface area contributed by atoms with E-state index < -0.39 is 6.61 Å². The molecule has 0 atom stereocenters. The van der Waals surface area contributed by atoms with Crippen LogP contribution in [0.5, 0.6) is 5.75 Å². The molecule has 1 fully saturated rings. The minimum atomic E-state index is -2.83. The zero-order valence-electron chi connectivity index (χ0n) is 9.07. The van der Waals surface area contributed by atoms with Crippen molar-refractivity contribution in [1.29, 1.82) is 0 Å². The third-order valence-corrected chi connectivity index (χ3v) is 2.33. The molecular weight excluding hydrogens is 228 g/mol. The minimum absolute atomic E-state index is 0.0937. The fourth-order valence-electron chi connectivity index (χ4n) is 1.40. The number of rotatable bonds is 4. The number of hydrogen-bond donors (Lipinski definition) is 2. The second-order valence-electron chi connectivity index (χ2n) is 3.76. The predicted molar refractivity (Wildman–Crippen MR) is 60.0 cm³/mol. The molecule has 17 heavy (non-hydrogen) atoms. The van der Waals surface area contributed by atoms with Crippen molar-refractivity contribution in [2.24, 2.45) is 10.8 Å². The Morgan fingerprint density at radius 2 is 2.24 bits per heavy atom. The number of aliphatic imine (C=N–C) groups is 1. The van der Waals surface area contributed by atoms with E-state index in [1.165, 1.54) is 12.1 Å². The lowest BCUT2D eigenvalue weighted by atomic mass is 10.2. The number of alkyl halides is 2. The van der Waals surface area contributed by atoms with Gasteiger partial charge in [-0.1, -0.05) is 12.1 Å². The number of benzene rings is 1. The van der Waals surface area contributed by atoms with Crippen molar-refractivity contribution in [2.45, 2.75) is 25.5 Å². The lowest BCUT2D eigenvalue weighted by molar-refractivity contribution is -0.0498. The topological polar surface area (TPSA) is 59.6 Å². The summed E-state index contributed by atoms with van der Waals surface area (Å²) < 4.78 is 28.4. The Morgan fingerprint density at radius 3 is 2.82 bits per heavy atom. The Labute approximate surface area is 97.5 Å². The van der Waals surface area contributed by atoms with E-state index in [4.69, 9.17) is 5.84 Å². The third kappa shape index (κ3) is 3.39. The first-order valence-electron chi connectivity index (χ1n) is 5.28. The highest BCUT2D eigenvalue weighted by molar-refractivity contribution is 5.98. The first-order chi connectivity index (χ1) is 8.19. The molecule has 1 aliphatic rings. The minimum Gasteiger partial charge on any atom is -0.435 e. The Balaban J connectivity index is 2.18. The third-order valence-electron chi connectivity index (χ3n) is 2.33. The van der Waals surface area contributed by atoms with Gasteiger partial charge in [-0.2, -0.15) is 8.78 Å². The maximum atomic E-state index is 12.1. The van der Waals surface area contributed by atoms with Crippen molar-refractivity contribution in [3.63, 3.8) is 0 Å². The summed E-state index contributed by atoms with van der Waals surface area (Å²) in [5.41, 5.74) is 3.11. The molecule has 0 unspecified atom stereocenters. The van der Waals surface area contributed by atoms with E-state index in [0.29, 0.717) is 17.4 Å². The van der Waals surface area contributed by atoms with Crippen LogP contribution < -0.4 is 16.0 Å². The van der Waals surface area contributed by atoms with E-state index in [9.17, 15) is 8.78 Å². The van der Waals surface area contributed by atoms with Gasteiger partial charge in [-0.15, -0.1) is 0 Å². The lowest BCUT2D eigenvalue weighted by Gasteiger charge is -2.08. The summed E-state index contributed by atoms with van der Waals surface area (Å²) in [6.45, 7) is -2.83. The van der Waals surface area contributed by atoms with Gasteiger partial charge in [-0.25, -0.2) is 5.84 Å². The van der Waals surface area contributed by atoms with Gasteiger partial charge in [-0.05, 0) is 25.0 Å². The van der Waals surface area contributed by atoms with Crippen molar-refractivity contribution < 1.29 is 13.5 Å². The van der Waals surface area contributed by atoms with Gasteiger partial charge in [0.05, 0.1) is 6.04 Å². The van der Waals surface area contributed by atoms with Crippen LogP contribution in [0.3, 0.4) is 0 Å². The van der Waals surface area contributed by atoms with Gasteiger partial charge in [0.1, 0.15) is 11.6 Å². The van der Waals surface area contributed by atoms with Gasteiger partial charge >= 0.3 is 6.61 Å². The number of hydrogen-bond acceptors (Lipinski definition) is 3. The van der Waals surface area contributed by atoms with E-state index in [2.05, 4.69) is 15.2 Å². The lowest BCUT2D eigenvalue weighted by Crippen LogP contribution is -2.31. The molecule has 6 heteroatoms. The summed E-state index contributed by atoms with van der Waals surface area (Å²) in [6, 6.07) is 6.58. The molecule has 0 bridgehead atoms. The van der Waals surface area contributed by atoms with Crippen molar-refractivity contribution >= 4 is 5.84 Å². The standard InChI is InChI=1S/C11H13F2N3O/c12-11(13)17-9-3-1-2-7(6-9)10(16-14)15-8-4-5-8/h1-3,6,8,11H,4-5,14H2,(H,15,16). The molecule has 1 aliphatic carbocycles. The molecule has 1 aromatic rings. The van der Waals surface area contributed by atoms with Gasteiger partial charge in [0, 0.05) is 5.56 Å². The maximum Gasteiger partial charge on any atom is 0.387 e. The molecule has 3 N–H and O–H groups in total. The largest absolute Gasteiger partial charge is 0.435 e. The predicted octanol–water partition coefficient (Wildman–Crippen LogP) is 1.66. The SMILES string of the molecule is NNC(=NC1CC1)c1cccc(OC(F)F)c1. The Bertz CT molecular complexity index is 419. The highest BCUT2D eigenvalue weighted by atomic mass is 19.3. The van der Waals surface area contributed by atoms with Crippen LogP contribution >= 0.6 is 0 Å². The average Bonchev–Trinajstić information content (AvgIpc) is 3.09. The van der Waals surface area contributed by atoms with Crippen LogP contribution in [-0.4, -0.2) is 18.5 Å². The molecule has 0 aliphatic heterocycles. The molecule has 0 saturated heterocycles. The number of ether oxygens (including phenoxy) is 1. The van der Waals surface area contributed by atoms with Crippen molar-refractivity contribution in [3.05, 3.63) is 29.8 Å². The monoisotopic (exact) mass is 241 g/mol. The van der Waals surface area contributed by atoms with Crippen molar-refractivity contribution in [3.8, 4) is 5.75 Å². The van der Waals surface area contributed by atoms with Crippen LogP contribution in [0.4, 0.5) is 8.78 Å². The molecule has 1 aromatic carbocycles. The van der Waals surface area contributed by atoms with Crippen molar-refractivity contribution in [1.82, 2.24) is 5.43 Å². The molecular formula is C11H13F2N3O. The molecule has 0 spiro atoms. The first-order valence-corrected chi connectivity index (χ1v) is 5.28. The second-order valence-corrected chi connectivity index (χ2v) is 3.76. The molecule has 2 rings (SSSR count). The van der Waals surface area contributed by atoms with Gasteiger partial charge in [0.2, 0.25) is 0 Å². The average molecular weight is 241 g/mol. The number of amidine groups is 1. The highest BCUT2D eigenvalue weighted by Crippen LogP contribution is 2.24. The molecule has 0 amide bonds. The van der Waals surface area contributed by atoms with Crippen molar-refractivity contribution in [2.75, 3.05) is 0 Å². The molecule has 92 valence electrons. The van der Waals surface area contributed by atoms with E-state index in [0.717, 1.165) is 12.8 Å². The van der Waals surface area contributed by atoms with E-state index in [1.54, 1.807) is 12.1 Å². The Kier molecular flexibility index (Phi) is 3.53. The summed E-state index contributed by atoms with van der Waals surface area (Å²) >= 11 is 0. The fraction of sp³-hybridized carbons (Fsp3) is 0.364. The molecule has 0 aromatic heterocycles. The Morgan fingerprint density at radius 1 is 1.47 bits per heavy atom. The van der Waals surface area contributed by atoms with E-state index in [1.807, 2.05) is 0 Å². The van der Waals surface area contributed by atoms with Crippen LogP contribution in [0.25, 0.3) is 0 Å². The van der Waals surface area contributed by atoms with Crippen LogP contribution in [0.1, 0.15) is 18.4 Å². The molecule has 0 heterocycles. The summed E-state index contributed by atoms with van der Waals surface area (Å²) in [5, 5.41) is 0. The summed E-state index contributed by atoms with van der Waals surface area (Å²) in [7, 11) is 0. The molecule has 0 radical (unpaired) electrons. The fourth-order valence-corrected chi connectivity index (χ4v) is 1.40. The van der Waals surface area contributed by atoms with Gasteiger partial charge in [-0.3, -0.25) is 4.99 Å². The van der Waals surface area contributed by atoms with Gasteiger partial charge in [0.25, 0.3) is 0 Å². The highest BCUT2D eigenvalue weighted by Gasteiger charge is 2.21. The zero-order valence-corrected chi connectivity index (χ0v) is 9.07. The van der Waals surface area contributed by atoms with Gasteiger partial charge in [0.15, 0.2) is 0 Å². The Hall–Kier alpha value is -1.69. The normalized spacial score (nSPS) is 16.1. The first kappa shape index (κ1) is 11.8. The summed E-state index contributed by atoms with van der Waals surface area (Å²) in [6.07, 6.45) is 2.08. The van der Waals surface area contributed by atoms with E-state index >= 15 is 0 Å². The number of halogens is 2. The van der Waals surface area contributed by atoms with E-state index in [-0.39, 0.29) is 5.75 Å². The number of nitrogens with one attached hydrogen (secondary N) is 1. The van der Waals surface area contributed by atoms with Crippen LogP contribution in [0.15, 0.2) is 29.3 Å². The molecule has 1 saturated carbocycles. The quantitative estimate of drug-likeness (QED) is 0.365. The number of nitrogens with two attached hydrogens (primary N) is 1. The van der Waals surface area contributed by atoms with Crippen LogP contribution in [-0.2, 0) is 0 Å². The zero-order chi connectivity index (χ0) is 12.3. The smallest absolute Gasteiger partial charge is 0.387 e. The van der Waals surface area contributed by atoms with Crippen LogP contribution in [0, 0.1) is 0 Å².